The van der Waals surface area contributed by atoms with E-state index in [0.717, 1.165) is 22.8 Å². The number of anilines is 1. The topological polar surface area (TPSA) is 133 Å². The van der Waals surface area contributed by atoms with Crippen molar-refractivity contribution >= 4 is 36.2 Å². The summed E-state index contributed by atoms with van der Waals surface area (Å²) in [5.74, 6) is 0.561. The van der Waals surface area contributed by atoms with Crippen molar-refractivity contribution in [2.24, 2.45) is 0 Å². The Morgan fingerprint density at radius 3 is 2.21 bits per heavy atom. The van der Waals surface area contributed by atoms with Gasteiger partial charge in [-0.1, -0.05) is 60.1 Å². The number of carbonyl (C=O) groups is 3. The average molecular weight is 626 g/mol. The molecule has 0 bridgehead atoms. The number of aromatic nitrogens is 1. The van der Waals surface area contributed by atoms with Gasteiger partial charge in [0.05, 0.1) is 25.7 Å². The molecule has 4 rings (SSSR count). The van der Waals surface area contributed by atoms with E-state index in [1.54, 1.807) is 19.2 Å². The van der Waals surface area contributed by atoms with Gasteiger partial charge in [-0.2, -0.15) is 13.2 Å². The van der Waals surface area contributed by atoms with Crippen LogP contribution in [-0.4, -0.2) is 79.9 Å². The second-order valence-corrected chi connectivity index (χ2v) is 9.01. The first-order valence-electron chi connectivity index (χ1n) is 12.8. The van der Waals surface area contributed by atoms with Gasteiger partial charge in [-0.05, 0) is 35.4 Å². The number of pyridine rings is 1. The molecule has 14 heteroatoms. The lowest BCUT2D eigenvalue weighted by Gasteiger charge is -2.27. The van der Waals surface area contributed by atoms with Gasteiger partial charge in [0.15, 0.2) is 0 Å². The van der Waals surface area contributed by atoms with Crippen molar-refractivity contribution in [3.8, 4) is 0 Å². The van der Waals surface area contributed by atoms with Gasteiger partial charge >= 0.3 is 12.2 Å². The summed E-state index contributed by atoms with van der Waals surface area (Å²) in [4.78, 5) is 35.4. The number of alkyl halides is 3. The van der Waals surface area contributed by atoms with Crippen LogP contribution in [0.5, 0.6) is 0 Å². The lowest BCUT2D eigenvalue weighted by Crippen LogP contribution is -2.40. The Kier molecular flexibility index (Phi) is 17.7. The van der Waals surface area contributed by atoms with Gasteiger partial charge in [0.2, 0.25) is 0 Å². The minimum Gasteiger partial charge on any atom is -0.483 e. The van der Waals surface area contributed by atoms with Crippen molar-refractivity contribution in [1.82, 2.24) is 20.5 Å². The second-order valence-electron chi connectivity index (χ2n) is 8.58. The van der Waals surface area contributed by atoms with Crippen molar-refractivity contribution in [1.29, 1.82) is 0 Å². The molecule has 1 saturated heterocycles. The molecule has 0 saturated carbocycles. The van der Waals surface area contributed by atoms with E-state index in [2.05, 4.69) is 15.6 Å². The molecule has 2 unspecified atom stereocenters. The number of aldehydes is 1. The van der Waals surface area contributed by atoms with Crippen LogP contribution < -0.4 is 16.0 Å². The molecule has 0 aliphatic carbocycles. The lowest BCUT2D eigenvalue weighted by molar-refractivity contribution is -0.150. The third-order valence-corrected chi connectivity index (χ3v) is 5.84. The second kappa shape index (κ2) is 20.6. The zero-order valence-corrected chi connectivity index (χ0v) is 24.4. The number of rotatable bonds is 9. The molecule has 10 nitrogen and oxygen atoms in total. The Hall–Kier alpha value is -4.20. The number of benzene rings is 2. The van der Waals surface area contributed by atoms with Crippen LogP contribution in [0.1, 0.15) is 17.2 Å². The van der Waals surface area contributed by atoms with Gasteiger partial charge in [0.25, 0.3) is 6.47 Å². The fourth-order valence-electron chi connectivity index (χ4n) is 3.61. The van der Waals surface area contributed by atoms with E-state index in [0.29, 0.717) is 17.9 Å². The Morgan fingerprint density at radius 2 is 1.74 bits per heavy atom. The molecule has 4 N–H and O–H groups in total. The van der Waals surface area contributed by atoms with Crippen molar-refractivity contribution in [2.45, 2.75) is 24.8 Å². The maximum Gasteiger partial charge on any atom is 0.410 e. The van der Waals surface area contributed by atoms with Gasteiger partial charge in [-0.15, -0.1) is 0 Å². The molecule has 1 aliphatic heterocycles. The number of halogens is 4. The molecule has 43 heavy (non-hydrogen) atoms. The minimum absolute atomic E-state index is 0.0885. The van der Waals surface area contributed by atoms with E-state index < -0.39 is 30.8 Å². The number of hydrogen-bond donors (Lipinski definition) is 4. The van der Waals surface area contributed by atoms with Crippen LogP contribution in [0.25, 0.3) is 0 Å². The molecule has 2 heterocycles. The average Bonchev–Trinajstić information content (AvgIpc) is 3.40. The van der Waals surface area contributed by atoms with Crippen molar-refractivity contribution < 1.29 is 37.4 Å². The predicted molar refractivity (Wildman–Crippen MR) is 158 cm³/mol. The van der Waals surface area contributed by atoms with Crippen LogP contribution in [-0.2, 0) is 20.9 Å². The SMILES string of the molecule is CNc1cc(C(COC)N2CC(C(F)(F)F)NC2=O)ccn1.Clc1ccccc1.O=CCNCc1ccccc1.O=CO. The maximum absolute atomic E-state index is 12.8. The van der Waals surface area contributed by atoms with Gasteiger partial charge in [0, 0.05) is 31.9 Å². The summed E-state index contributed by atoms with van der Waals surface area (Å²) in [7, 11) is 3.11. The molecule has 1 fully saturated rings. The summed E-state index contributed by atoms with van der Waals surface area (Å²) >= 11 is 5.54. The van der Waals surface area contributed by atoms with Crippen LogP contribution in [0, 0.1) is 0 Å². The maximum atomic E-state index is 12.8. The summed E-state index contributed by atoms with van der Waals surface area (Å²) in [5.41, 5.74) is 1.86. The number of nitrogens with one attached hydrogen (secondary N) is 3. The Labute approximate surface area is 253 Å². The highest BCUT2D eigenvalue weighted by Gasteiger charge is 2.48. The molecule has 2 aromatic carbocycles. The van der Waals surface area contributed by atoms with Gasteiger partial charge in [0.1, 0.15) is 18.1 Å². The quantitative estimate of drug-likeness (QED) is 0.197. The van der Waals surface area contributed by atoms with Crippen molar-refractivity contribution in [3.05, 3.63) is 95.1 Å². The first kappa shape index (κ1) is 36.8. The minimum atomic E-state index is -4.48. The number of carboxylic acid groups (broad SMARTS) is 1. The molecule has 0 spiro atoms. The van der Waals surface area contributed by atoms with E-state index in [1.165, 1.54) is 18.9 Å². The first-order chi connectivity index (χ1) is 20.6. The van der Waals surface area contributed by atoms with E-state index >= 15 is 0 Å². The van der Waals surface area contributed by atoms with Crippen molar-refractivity contribution in [2.75, 3.05) is 39.2 Å². The van der Waals surface area contributed by atoms with Crippen LogP contribution >= 0.6 is 11.6 Å². The molecule has 1 aromatic heterocycles. The molecule has 2 atom stereocenters. The summed E-state index contributed by atoms with van der Waals surface area (Å²) in [6, 6.07) is 19.5. The first-order valence-corrected chi connectivity index (χ1v) is 13.2. The Bertz CT molecular complexity index is 1210. The summed E-state index contributed by atoms with van der Waals surface area (Å²) in [6.07, 6.45) is -2.08. The normalized spacial score (nSPS) is 14.3. The molecular weight excluding hydrogens is 591 g/mol. The third kappa shape index (κ3) is 14.5. The fraction of sp³-hybridized carbons (Fsp3) is 0.310. The van der Waals surface area contributed by atoms with Gasteiger partial charge in [-0.25, -0.2) is 9.78 Å². The summed E-state index contributed by atoms with van der Waals surface area (Å²) < 4.78 is 43.4. The Morgan fingerprint density at radius 1 is 1.14 bits per heavy atom. The zero-order chi connectivity index (χ0) is 32.1. The summed E-state index contributed by atoms with van der Waals surface area (Å²) in [6.45, 7) is 0.577. The van der Waals surface area contributed by atoms with E-state index in [1.807, 2.05) is 66.0 Å². The highest BCUT2D eigenvalue weighted by molar-refractivity contribution is 6.30. The number of nitrogens with zero attached hydrogens (tertiary/aromatic N) is 2. The van der Waals surface area contributed by atoms with E-state index in [-0.39, 0.29) is 13.1 Å². The standard InChI is InChI=1S/C13H17F3N4O2.C9H11NO.C6H5Cl.CH2O2/c1-17-11-5-8(3-4-18-11)9(7-22-2)20-6-10(13(14,15)16)19-12(20)21;11-7-6-10-8-9-4-2-1-3-5-9;7-6-4-2-1-3-5-6;2-1-3/h3-5,9-10H,6-7H2,1-2H3,(H,17,18)(H,19,21);1-5,7,10H,6,8H2;1-5H;1H,(H,2,3). The molecule has 1 aliphatic rings. The van der Waals surface area contributed by atoms with Gasteiger partial charge < -0.3 is 35.5 Å². The number of methoxy groups -OCH3 is 1. The number of hydrogen-bond acceptors (Lipinski definition) is 7. The molecule has 234 valence electrons. The Balaban J connectivity index is 0.000000362. The van der Waals surface area contributed by atoms with E-state index in [9.17, 15) is 22.8 Å². The summed E-state index contributed by atoms with van der Waals surface area (Å²) in [5, 5.41) is 15.5. The number of ether oxygens (including phenoxy) is 1. The van der Waals surface area contributed by atoms with E-state index in [4.69, 9.17) is 26.2 Å². The number of urea groups is 1. The fourth-order valence-corrected chi connectivity index (χ4v) is 3.76. The zero-order valence-electron chi connectivity index (χ0n) is 23.6. The molecular formula is C29H35ClF3N5O5. The smallest absolute Gasteiger partial charge is 0.410 e. The monoisotopic (exact) mass is 625 g/mol. The van der Waals surface area contributed by atoms with Crippen LogP contribution in [0.15, 0.2) is 79.0 Å². The highest BCUT2D eigenvalue weighted by atomic mass is 35.5. The lowest BCUT2D eigenvalue weighted by atomic mass is 10.1. The van der Waals surface area contributed by atoms with Gasteiger partial charge in [-0.3, -0.25) is 4.79 Å². The van der Waals surface area contributed by atoms with Crippen molar-refractivity contribution in [3.63, 3.8) is 0 Å². The molecule has 3 aromatic rings. The predicted octanol–water partition coefficient (Wildman–Crippen LogP) is 4.78. The molecule has 2 amide bonds. The number of amides is 2. The van der Waals surface area contributed by atoms with Crippen LogP contribution in [0.4, 0.5) is 23.8 Å². The molecule has 0 radical (unpaired) electrons. The number of carbonyl (C=O) groups excluding carboxylic acids is 2. The van der Waals surface area contributed by atoms with Crippen LogP contribution in [0.2, 0.25) is 5.02 Å². The highest BCUT2D eigenvalue weighted by Crippen LogP contribution is 2.30. The largest absolute Gasteiger partial charge is 0.483 e. The van der Waals surface area contributed by atoms with Crippen LogP contribution in [0.3, 0.4) is 0 Å². The third-order valence-electron chi connectivity index (χ3n) is 5.59.